The molecule has 0 aliphatic heterocycles. The molecule has 2 nitrogen and oxygen atoms in total. The van der Waals surface area contributed by atoms with E-state index in [1.165, 1.54) is 0 Å². The smallest absolute Gasteiger partial charge is 0.177 e. The Bertz CT molecular complexity index is 357. The van der Waals surface area contributed by atoms with Gasteiger partial charge in [-0.15, -0.1) is 6.42 Å². The highest BCUT2D eigenvalue weighted by Crippen LogP contribution is 2.14. The molecule has 0 aliphatic rings. The standard InChI is InChI=1S/C12H12O2/c1-4-9(2)12(13)10-5-7-11(14-3)8-6-10/h1,5-9H,2-3H3. The lowest BCUT2D eigenvalue weighted by Gasteiger charge is -2.04. The monoisotopic (exact) mass is 188 g/mol. The SMILES string of the molecule is C#CC(C)C(=O)c1ccc(OC)cc1. The van der Waals surface area contributed by atoms with Crippen LogP contribution in [0.4, 0.5) is 0 Å². The molecule has 14 heavy (non-hydrogen) atoms. The molecule has 0 radical (unpaired) electrons. The maximum atomic E-state index is 11.6. The maximum absolute atomic E-state index is 11.6. The van der Waals surface area contributed by atoms with E-state index in [4.69, 9.17) is 11.2 Å². The summed E-state index contributed by atoms with van der Waals surface area (Å²) in [7, 11) is 1.58. The Hall–Kier alpha value is -1.75. The maximum Gasteiger partial charge on any atom is 0.177 e. The molecule has 72 valence electrons. The molecule has 1 rings (SSSR count). The fourth-order valence-electron chi connectivity index (χ4n) is 1.08. The van der Waals surface area contributed by atoms with Crippen LogP contribution in [0.5, 0.6) is 5.75 Å². The van der Waals surface area contributed by atoms with E-state index in [1.54, 1.807) is 38.3 Å². The second-order valence-corrected chi connectivity index (χ2v) is 2.98. The molecule has 1 aromatic rings. The number of methoxy groups -OCH3 is 1. The van der Waals surface area contributed by atoms with Crippen LogP contribution >= 0.6 is 0 Å². The molecule has 0 saturated carbocycles. The molecule has 1 unspecified atom stereocenters. The molecule has 0 saturated heterocycles. The Balaban J connectivity index is 2.88. The third kappa shape index (κ3) is 2.14. The van der Waals surface area contributed by atoms with E-state index in [9.17, 15) is 4.79 Å². The van der Waals surface area contributed by atoms with E-state index < -0.39 is 0 Å². The lowest BCUT2D eigenvalue weighted by Crippen LogP contribution is -2.08. The van der Waals surface area contributed by atoms with Crippen LogP contribution in [0.2, 0.25) is 0 Å². The van der Waals surface area contributed by atoms with Crippen LogP contribution < -0.4 is 4.74 Å². The largest absolute Gasteiger partial charge is 0.497 e. The van der Waals surface area contributed by atoms with Gasteiger partial charge >= 0.3 is 0 Å². The Morgan fingerprint density at radius 2 is 2.00 bits per heavy atom. The minimum Gasteiger partial charge on any atom is -0.497 e. The molecular weight excluding hydrogens is 176 g/mol. The van der Waals surface area contributed by atoms with E-state index in [1.807, 2.05) is 0 Å². The second kappa shape index (κ2) is 4.48. The van der Waals surface area contributed by atoms with Crippen LogP contribution in [-0.4, -0.2) is 12.9 Å². The van der Waals surface area contributed by atoms with E-state index in [-0.39, 0.29) is 11.7 Å². The van der Waals surface area contributed by atoms with Gasteiger partial charge in [-0.1, -0.05) is 5.92 Å². The molecule has 0 heterocycles. The van der Waals surface area contributed by atoms with Crippen molar-refractivity contribution in [2.75, 3.05) is 7.11 Å². The first-order valence-electron chi connectivity index (χ1n) is 4.33. The lowest BCUT2D eigenvalue weighted by molar-refractivity contribution is 0.0957. The van der Waals surface area contributed by atoms with Gasteiger partial charge in [0, 0.05) is 5.56 Å². The molecule has 0 aliphatic carbocycles. The quantitative estimate of drug-likeness (QED) is 0.536. The number of rotatable bonds is 3. The first-order valence-corrected chi connectivity index (χ1v) is 4.33. The summed E-state index contributed by atoms with van der Waals surface area (Å²) in [4.78, 5) is 11.6. The first-order chi connectivity index (χ1) is 6.69. The van der Waals surface area contributed by atoms with E-state index in [2.05, 4.69) is 5.92 Å². The number of hydrogen-bond acceptors (Lipinski definition) is 2. The van der Waals surface area contributed by atoms with Crippen molar-refractivity contribution >= 4 is 5.78 Å². The minimum absolute atomic E-state index is 0.0323. The van der Waals surface area contributed by atoms with Gasteiger partial charge in [0.05, 0.1) is 13.0 Å². The van der Waals surface area contributed by atoms with E-state index in [0.29, 0.717) is 5.56 Å². The number of benzene rings is 1. The Labute approximate surface area is 83.9 Å². The lowest BCUT2D eigenvalue weighted by atomic mass is 10.0. The number of hydrogen-bond donors (Lipinski definition) is 0. The summed E-state index contributed by atoms with van der Waals surface area (Å²) in [5, 5.41) is 0. The van der Waals surface area contributed by atoms with Crippen molar-refractivity contribution in [3.63, 3.8) is 0 Å². The summed E-state index contributed by atoms with van der Waals surface area (Å²) in [6.07, 6.45) is 5.17. The number of carbonyl (C=O) groups is 1. The summed E-state index contributed by atoms with van der Waals surface area (Å²) in [6, 6.07) is 6.93. The molecule has 0 spiro atoms. The number of terminal acetylenes is 1. The van der Waals surface area contributed by atoms with Gasteiger partial charge in [0.15, 0.2) is 5.78 Å². The zero-order chi connectivity index (χ0) is 10.6. The van der Waals surface area contributed by atoms with Crippen LogP contribution in [-0.2, 0) is 0 Å². The van der Waals surface area contributed by atoms with Crippen molar-refractivity contribution in [1.29, 1.82) is 0 Å². The van der Waals surface area contributed by atoms with E-state index in [0.717, 1.165) is 5.75 Å². The number of ketones is 1. The fourth-order valence-corrected chi connectivity index (χ4v) is 1.08. The normalized spacial score (nSPS) is 11.5. The van der Waals surface area contributed by atoms with Gasteiger partial charge in [-0.3, -0.25) is 4.79 Å². The number of ether oxygens (including phenoxy) is 1. The predicted molar refractivity (Wildman–Crippen MR) is 55.3 cm³/mol. The van der Waals surface area contributed by atoms with Gasteiger partial charge in [-0.25, -0.2) is 0 Å². The molecule has 0 N–H and O–H groups in total. The topological polar surface area (TPSA) is 26.3 Å². The average molecular weight is 188 g/mol. The van der Waals surface area contributed by atoms with Gasteiger partial charge < -0.3 is 4.74 Å². The van der Waals surface area contributed by atoms with Crippen LogP contribution in [0, 0.1) is 18.3 Å². The molecule has 0 aromatic heterocycles. The summed E-state index contributed by atoms with van der Waals surface area (Å²) in [5.41, 5.74) is 0.622. The summed E-state index contributed by atoms with van der Waals surface area (Å²) in [6.45, 7) is 1.71. The second-order valence-electron chi connectivity index (χ2n) is 2.98. The third-order valence-corrected chi connectivity index (χ3v) is 2.02. The Morgan fingerprint density at radius 3 is 2.43 bits per heavy atom. The van der Waals surface area contributed by atoms with Gasteiger partial charge in [0.1, 0.15) is 5.75 Å². The van der Waals surface area contributed by atoms with Gasteiger partial charge in [-0.2, -0.15) is 0 Å². The minimum atomic E-state index is -0.372. The number of carbonyl (C=O) groups excluding carboxylic acids is 1. The Morgan fingerprint density at radius 1 is 1.43 bits per heavy atom. The molecule has 2 heteroatoms. The summed E-state index contributed by atoms with van der Waals surface area (Å²) in [5.74, 6) is 2.74. The predicted octanol–water partition coefficient (Wildman–Crippen LogP) is 2.15. The molecule has 0 amide bonds. The van der Waals surface area contributed by atoms with Crippen molar-refractivity contribution in [3.05, 3.63) is 29.8 Å². The highest BCUT2D eigenvalue weighted by molar-refractivity contribution is 5.99. The van der Waals surface area contributed by atoms with Crippen LogP contribution in [0.3, 0.4) is 0 Å². The molecular formula is C12H12O2. The summed E-state index contributed by atoms with van der Waals surface area (Å²) < 4.78 is 4.98. The molecule has 0 bridgehead atoms. The van der Waals surface area contributed by atoms with Crippen LogP contribution in [0.25, 0.3) is 0 Å². The molecule has 1 aromatic carbocycles. The van der Waals surface area contributed by atoms with Crippen molar-refractivity contribution in [1.82, 2.24) is 0 Å². The van der Waals surface area contributed by atoms with Gasteiger partial charge in [-0.05, 0) is 31.2 Å². The summed E-state index contributed by atoms with van der Waals surface area (Å²) >= 11 is 0. The first kappa shape index (κ1) is 10.3. The average Bonchev–Trinajstić information content (AvgIpc) is 2.27. The van der Waals surface area contributed by atoms with Crippen molar-refractivity contribution in [2.45, 2.75) is 6.92 Å². The molecule has 0 fully saturated rings. The van der Waals surface area contributed by atoms with Crippen LogP contribution in [0.15, 0.2) is 24.3 Å². The van der Waals surface area contributed by atoms with Crippen molar-refractivity contribution in [2.24, 2.45) is 5.92 Å². The number of Topliss-reactive ketones (excluding diaryl/α,β-unsaturated/α-hetero) is 1. The molecule has 1 atom stereocenters. The zero-order valence-electron chi connectivity index (χ0n) is 8.28. The van der Waals surface area contributed by atoms with Gasteiger partial charge in [0.2, 0.25) is 0 Å². The fraction of sp³-hybridized carbons (Fsp3) is 0.250. The highest BCUT2D eigenvalue weighted by atomic mass is 16.5. The van der Waals surface area contributed by atoms with Gasteiger partial charge in [0.25, 0.3) is 0 Å². The van der Waals surface area contributed by atoms with Crippen molar-refractivity contribution in [3.8, 4) is 18.1 Å². The highest BCUT2D eigenvalue weighted by Gasteiger charge is 2.11. The van der Waals surface area contributed by atoms with E-state index >= 15 is 0 Å². The van der Waals surface area contributed by atoms with Crippen LogP contribution in [0.1, 0.15) is 17.3 Å². The zero-order valence-corrected chi connectivity index (χ0v) is 8.28. The van der Waals surface area contributed by atoms with Crippen molar-refractivity contribution < 1.29 is 9.53 Å². The Kier molecular flexibility index (Phi) is 3.30. The third-order valence-electron chi connectivity index (χ3n) is 2.02.